The van der Waals surface area contributed by atoms with E-state index in [2.05, 4.69) is 48.4 Å². The van der Waals surface area contributed by atoms with E-state index in [1.807, 2.05) is 24.4 Å². The summed E-state index contributed by atoms with van der Waals surface area (Å²) in [6, 6.07) is 14.9. The minimum atomic E-state index is 0.344. The highest BCUT2D eigenvalue weighted by molar-refractivity contribution is 5.24. The fourth-order valence-corrected chi connectivity index (χ4v) is 1.82. The Balaban J connectivity index is 1.96. The lowest BCUT2D eigenvalue weighted by molar-refractivity contribution is 0.567. The van der Waals surface area contributed by atoms with Gasteiger partial charge in [-0.1, -0.05) is 35.9 Å². The molecule has 0 radical (unpaired) electrons. The minimum Gasteiger partial charge on any atom is -0.305 e. The van der Waals surface area contributed by atoms with Gasteiger partial charge in [-0.2, -0.15) is 0 Å². The van der Waals surface area contributed by atoms with Gasteiger partial charge in [-0.15, -0.1) is 0 Å². The SMILES string of the molecule is Cc1cccc([C@H](C)NCc2ccccn2)c1. The molecule has 2 aromatic rings. The van der Waals surface area contributed by atoms with Crippen LogP contribution < -0.4 is 5.32 Å². The summed E-state index contributed by atoms with van der Waals surface area (Å²) >= 11 is 0. The highest BCUT2D eigenvalue weighted by Gasteiger charge is 2.04. The molecular formula is C15H18N2. The molecule has 0 fully saturated rings. The lowest BCUT2D eigenvalue weighted by atomic mass is 10.1. The number of hydrogen-bond acceptors (Lipinski definition) is 2. The minimum absolute atomic E-state index is 0.344. The first kappa shape index (κ1) is 11.8. The van der Waals surface area contributed by atoms with Crippen LogP contribution in [0.4, 0.5) is 0 Å². The zero-order valence-corrected chi connectivity index (χ0v) is 10.4. The van der Waals surface area contributed by atoms with Crippen LogP contribution in [0.15, 0.2) is 48.7 Å². The van der Waals surface area contributed by atoms with Gasteiger partial charge in [0.25, 0.3) is 0 Å². The second kappa shape index (κ2) is 5.60. The topological polar surface area (TPSA) is 24.9 Å². The van der Waals surface area contributed by atoms with Crippen molar-refractivity contribution in [1.82, 2.24) is 10.3 Å². The maximum Gasteiger partial charge on any atom is 0.0541 e. The molecule has 0 aliphatic heterocycles. The van der Waals surface area contributed by atoms with E-state index in [0.717, 1.165) is 12.2 Å². The van der Waals surface area contributed by atoms with E-state index in [4.69, 9.17) is 0 Å². The third-order valence-corrected chi connectivity index (χ3v) is 2.86. The third kappa shape index (κ3) is 3.40. The van der Waals surface area contributed by atoms with Crippen LogP contribution in [0.25, 0.3) is 0 Å². The number of pyridine rings is 1. The van der Waals surface area contributed by atoms with Crippen molar-refractivity contribution in [1.29, 1.82) is 0 Å². The Morgan fingerprint density at radius 2 is 2.06 bits per heavy atom. The fraction of sp³-hybridized carbons (Fsp3) is 0.267. The van der Waals surface area contributed by atoms with Gasteiger partial charge >= 0.3 is 0 Å². The Kier molecular flexibility index (Phi) is 3.89. The molecule has 0 saturated heterocycles. The molecule has 1 aromatic heterocycles. The number of aryl methyl sites for hydroxylation is 1. The lowest BCUT2D eigenvalue weighted by Gasteiger charge is -2.14. The monoisotopic (exact) mass is 226 g/mol. The van der Waals surface area contributed by atoms with Crippen molar-refractivity contribution in [2.75, 3.05) is 0 Å². The van der Waals surface area contributed by atoms with Gasteiger partial charge in [0.2, 0.25) is 0 Å². The van der Waals surface area contributed by atoms with Gasteiger partial charge in [0.1, 0.15) is 0 Å². The maximum atomic E-state index is 4.30. The molecule has 0 bridgehead atoms. The molecule has 0 amide bonds. The number of benzene rings is 1. The summed E-state index contributed by atoms with van der Waals surface area (Å²) in [6.45, 7) is 5.10. The molecule has 0 spiro atoms. The Labute approximate surface area is 103 Å². The highest BCUT2D eigenvalue weighted by Crippen LogP contribution is 2.14. The summed E-state index contributed by atoms with van der Waals surface area (Å²) in [7, 11) is 0. The molecule has 0 saturated carbocycles. The van der Waals surface area contributed by atoms with Crippen LogP contribution in [-0.4, -0.2) is 4.98 Å². The molecule has 0 aliphatic carbocycles. The normalized spacial score (nSPS) is 12.4. The molecule has 1 heterocycles. The van der Waals surface area contributed by atoms with Gasteiger partial charge in [-0.25, -0.2) is 0 Å². The Morgan fingerprint density at radius 3 is 2.76 bits per heavy atom. The number of nitrogens with zero attached hydrogens (tertiary/aromatic N) is 1. The highest BCUT2D eigenvalue weighted by atomic mass is 14.9. The Bertz CT molecular complexity index is 465. The van der Waals surface area contributed by atoms with E-state index < -0.39 is 0 Å². The number of hydrogen-bond donors (Lipinski definition) is 1. The molecule has 0 aliphatic rings. The number of aromatic nitrogens is 1. The van der Waals surface area contributed by atoms with Crippen molar-refractivity contribution in [3.8, 4) is 0 Å². The molecule has 88 valence electrons. The van der Waals surface area contributed by atoms with Crippen LogP contribution >= 0.6 is 0 Å². The van der Waals surface area contributed by atoms with Crippen LogP contribution in [0.3, 0.4) is 0 Å². The third-order valence-electron chi connectivity index (χ3n) is 2.86. The summed E-state index contributed by atoms with van der Waals surface area (Å²) in [6.07, 6.45) is 1.83. The molecule has 1 N–H and O–H groups in total. The first-order chi connectivity index (χ1) is 8.25. The van der Waals surface area contributed by atoms with E-state index in [9.17, 15) is 0 Å². The average Bonchev–Trinajstić information content (AvgIpc) is 2.37. The molecule has 2 heteroatoms. The zero-order valence-electron chi connectivity index (χ0n) is 10.4. The summed E-state index contributed by atoms with van der Waals surface area (Å²) < 4.78 is 0. The summed E-state index contributed by atoms with van der Waals surface area (Å²) in [5.74, 6) is 0. The summed E-state index contributed by atoms with van der Waals surface area (Å²) in [5, 5.41) is 3.48. The van der Waals surface area contributed by atoms with Crippen molar-refractivity contribution >= 4 is 0 Å². The summed E-state index contributed by atoms with van der Waals surface area (Å²) in [5.41, 5.74) is 3.70. The number of nitrogens with one attached hydrogen (secondary N) is 1. The fourth-order valence-electron chi connectivity index (χ4n) is 1.82. The first-order valence-corrected chi connectivity index (χ1v) is 5.95. The average molecular weight is 226 g/mol. The van der Waals surface area contributed by atoms with Crippen LogP contribution in [0.2, 0.25) is 0 Å². The van der Waals surface area contributed by atoms with Gasteiger partial charge in [0.05, 0.1) is 5.69 Å². The van der Waals surface area contributed by atoms with Crippen LogP contribution in [-0.2, 0) is 6.54 Å². The van der Waals surface area contributed by atoms with Crippen molar-refractivity contribution in [2.45, 2.75) is 26.4 Å². The molecule has 2 rings (SSSR count). The maximum absolute atomic E-state index is 4.30. The predicted molar refractivity (Wildman–Crippen MR) is 70.7 cm³/mol. The molecule has 1 aromatic carbocycles. The van der Waals surface area contributed by atoms with Gasteiger partial charge < -0.3 is 5.32 Å². The second-order valence-corrected chi connectivity index (χ2v) is 4.34. The molecular weight excluding hydrogens is 208 g/mol. The Morgan fingerprint density at radius 1 is 1.18 bits per heavy atom. The van der Waals surface area contributed by atoms with E-state index >= 15 is 0 Å². The van der Waals surface area contributed by atoms with Crippen molar-refractivity contribution in [3.63, 3.8) is 0 Å². The Hall–Kier alpha value is -1.67. The lowest BCUT2D eigenvalue weighted by Crippen LogP contribution is -2.18. The summed E-state index contributed by atoms with van der Waals surface area (Å²) in [4.78, 5) is 4.30. The van der Waals surface area contributed by atoms with Crippen LogP contribution in [0, 0.1) is 6.92 Å². The smallest absolute Gasteiger partial charge is 0.0541 e. The zero-order chi connectivity index (χ0) is 12.1. The van der Waals surface area contributed by atoms with E-state index in [1.165, 1.54) is 11.1 Å². The standard InChI is InChI=1S/C15H18N2/c1-12-6-5-7-14(10-12)13(2)17-11-15-8-3-4-9-16-15/h3-10,13,17H,11H2,1-2H3/t13-/m0/s1. The number of rotatable bonds is 4. The first-order valence-electron chi connectivity index (χ1n) is 5.95. The van der Waals surface area contributed by atoms with E-state index in [-0.39, 0.29) is 0 Å². The predicted octanol–water partition coefficient (Wildman–Crippen LogP) is 3.24. The van der Waals surface area contributed by atoms with Crippen molar-refractivity contribution in [3.05, 3.63) is 65.5 Å². The van der Waals surface area contributed by atoms with Crippen LogP contribution in [0.5, 0.6) is 0 Å². The largest absolute Gasteiger partial charge is 0.305 e. The van der Waals surface area contributed by atoms with Crippen LogP contribution in [0.1, 0.15) is 29.8 Å². The van der Waals surface area contributed by atoms with Gasteiger partial charge in [-0.05, 0) is 31.5 Å². The molecule has 1 atom stereocenters. The van der Waals surface area contributed by atoms with E-state index in [1.54, 1.807) is 0 Å². The van der Waals surface area contributed by atoms with Crippen molar-refractivity contribution in [2.24, 2.45) is 0 Å². The van der Waals surface area contributed by atoms with Crippen molar-refractivity contribution < 1.29 is 0 Å². The second-order valence-electron chi connectivity index (χ2n) is 4.34. The van der Waals surface area contributed by atoms with Gasteiger partial charge in [0, 0.05) is 18.8 Å². The molecule has 17 heavy (non-hydrogen) atoms. The van der Waals surface area contributed by atoms with Gasteiger partial charge in [-0.3, -0.25) is 4.98 Å². The molecule has 2 nitrogen and oxygen atoms in total. The van der Waals surface area contributed by atoms with Gasteiger partial charge in [0.15, 0.2) is 0 Å². The quantitative estimate of drug-likeness (QED) is 0.865. The molecule has 0 unspecified atom stereocenters. The van der Waals surface area contributed by atoms with E-state index in [0.29, 0.717) is 6.04 Å².